The average Bonchev–Trinajstić information content (AvgIpc) is 2.66. The molecule has 0 saturated heterocycles. The van der Waals surface area contributed by atoms with Crippen LogP contribution in [0.2, 0.25) is 0 Å². The Labute approximate surface area is 178 Å². The van der Waals surface area contributed by atoms with Crippen LogP contribution in [-0.4, -0.2) is 29.1 Å². The van der Waals surface area contributed by atoms with Gasteiger partial charge in [-0.3, -0.25) is 0 Å². The predicted molar refractivity (Wildman–Crippen MR) is 116 cm³/mol. The first kappa shape index (κ1) is 22.4. The lowest BCUT2D eigenvalue weighted by molar-refractivity contribution is -0.00000900. The summed E-state index contributed by atoms with van der Waals surface area (Å²) in [6, 6.07) is 11.3. The largest absolute Gasteiger partial charge is 1.00 e. The highest BCUT2D eigenvalue weighted by molar-refractivity contribution is 6.01. The lowest BCUT2D eigenvalue weighted by Crippen LogP contribution is -3.00. The van der Waals surface area contributed by atoms with Gasteiger partial charge >= 0.3 is 6.03 Å². The van der Waals surface area contributed by atoms with E-state index in [1.807, 2.05) is 51.1 Å². The Hall–Kier alpha value is -2.86. The van der Waals surface area contributed by atoms with Crippen molar-refractivity contribution in [2.75, 3.05) is 28.6 Å². The number of nitrogens with zero attached hydrogens (tertiary/aromatic N) is 3. The first-order chi connectivity index (χ1) is 13.4. The van der Waals surface area contributed by atoms with Gasteiger partial charge in [0, 0.05) is 30.2 Å². The molecule has 2 aromatic carbocycles. The smallest absolute Gasteiger partial charge is 0.323 e. The second-order valence-electron chi connectivity index (χ2n) is 6.85. The summed E-state index contributed by atoms with van der Waals surface area (Å²) in [5.41, 5.74) is 7.04. The van der Waals surface area contributed by atoms with Crippen molar-refractivity contribution >= 4 is 34.1 Å². The Bertz CT molecular complexity index is 1020. The number of hydrogen-bond donors (Lipinski definition) is 2. The normalized spacial score (nSPS) is 10.4. The fourth-order valence-electron chi connectivity index (χ4n) is 3.17. The predicted octanol–water partition coefficient (Wildman–Crippen LogP) is 2.05. The van der Waals surface area contributed by atoms with Crippen molar-refractivity contribution < 1.29 is 17.2 Å². The van der Waals surface area contributed by atoms with E-state index in [9.17, 15) is 4.79 Å². The fraction of sp³-hybridized carbons (Fsp3) is 0.318. The van der Waals surface area contributed by atoms with Gasteiger partial charge in [-0.2, -0.15) is 0 Å². The molecule has 0 atom stereocenters. The molecule has 1 heterocycles. The SMILES string of the molecule is CCN(CC)c1ccc(NC(=O)Nc2ccc3nc(C)c(C)nc3c2)c(C)c1.[Cl-]. The van der Waals surface area contributed by atoms with Crippen molar-refractivity contribution in [1.82, 2.24) is 9.97 Å². The molecule has 29 heavy (non-hydrogen) atoms. The van der Waals surface area contributed by atoms with Gasteiger partial charge in [-0.15, -0.1) is 0 Å². The monoisotopic (exact) mass is 412 g/mol. The van der Waals surface area contributed by atoms with Crippen molar-refractivity contribution in [3.63, 3.8) is 0 Å². The number of fused-ring (bicyclic) bond motifs is 1. The third kappa shape index (κ3) is 5.15. The van der Waals surface area contributed by atoms with Crippen molar-refractivity contribution in [3.8, 4) is 0 Å². The molecule has 0 radical (unpaired) electrons. The van der Waals surface area contributed by atoms with Crippen LogP contribution in [-0.2, 0) is 0 Å². The molecule has 3 rings (SSSR count). The third-order valence-electron chi connectivity index (χ3n) is 4.92. The van der Waals surface area contributed by atoms with E-state index in [-0.39, 0.29) is 18.4 Å². The van der Waals surface area contributed by atoms with Crippen molar-refractivity contribution in [1.29, 1.82) is 0 Å². The molecule has 6 nitrogen and oxygen atoms in total. The molecule has 0 bridgehead atoms. The number of halogens is 1. The van der Waals surface area contributed by atoms with Gasteiger partial charge in [-0.1, -0.05) is 0 Å². The molecular formula is C22H27ClN5O-. The molecular weight excluding hydrogens is 386 g/mol. The van der Waals surface area contributed by atoms with Gasteiger partial charge in [-0.25, -0.2) is 14.8 Å². The third-order valence-corrected chi connectivity index (χ3v) is 4.92. The molecule has 2 amide bonds. The van der Waals surface area contributed by atoms with Crippen LogP contribution >= 0.6 is 0 Å². The standard InChI is InChI=1S/C22H27N5O.ClH/c1-6-27(7-2)18-9-11-19(14(3)12-18)26-22(28)25-17-8-10-20-21(13-17)24-16(5)15(4)23-20;/h8-13H,6-7H2,1-5H3,(H2,25,26,28);1H/p-1. The maximum absolute atomic E-state index is 12.5. The molecule has 0 fully saturated rings. The van der Waals surface area contributed by atoms with Gasteiger partial charge < -0.3 is 27.9 Å². The topological polar surface area (TPSA) is 70.2 Å². The lowest BCUT2D eigenvalue weighted by atomic mass is 10.1. The van der Waals surface area contributed by atoms with Gasteiger partial charge in [-0.05, 0) is 76.6 Å². The lowest BCUT2D eigenvalue weighted by Gasteiger charge is -2.22. The maximum atomic E-state index is 12.5. The highest BCUT2D eigenvalue weighted by Gasteiger charge is 2.09. The van der Waals surface area contributed by atoms with Gasteiger partial charge in [0.15, 0.2) is 0 Å². The molecule has 7 heteroatoms. The summed E-state index contributed by atoms with van der Waals surface area (Å²) in [5, 5.41) is 5.80. The Morgan fingerprint density at radius 2 is 1.55 bits per heavy atom. The first-order valence-corrected chi connectivity index (χ1v) is 9.59. The van der Waals surface area contributed by atoms with E-state index in [2.05, 4.69) is 45.4 Å². The van der Waals surface area contributed by atoms with E-state index in [1.54, 1.807) is 0 Å². The zero-order chi connectivity index (χ0) is 20.3. The number of urea groups is 1. The molecule has 3 aromatic rings. The molecule has 0 aliphatic heterocycles. The number of hydrogen-bond acceptors (Lipinski definition) is 4. The molecule has 1 aromatic heterocycles. The minimum absolute atomic E-state index is 0. The minimum Gasteiger partial charge on any atom is -1.00 e. The Morgan fingerprint density at radius 1 is 0.897 bits per heavy atom. The van der Waals surface area contributed by atoms with Crippen LogP contribution in [0.3, 0.4) is 0 Å². The quantitative estimate of drug-likeness (QED) is 0.673. The van der Waals surface area contributed by atoms with E-state index in [4.69, 9.17) is 0 Å². The zero-order valence-electron chi connectivity index (χ0n) is 17.5. The van der Waals surface area contributed by atoms with Crippen molar-refractivity contribution in [2.24, 2.45) is 0 Å². The fourth-order valence-corrected chi connectivity index (χ4v) is 3.17. The van der Waals surface area contributed by atoms with Crippen LogP contribution in [0.5, 0.6) is 0 Å². The second kappa shape index (κ2) is 9.56. The van der Waals surface area contributed by atoms with Crippen LogP contribution in [0.1, 0.15) is 30.8 Å². The van der Waals surface area contributed by atoms with Crippen LogP contribution in [0.25, 0.3) is 11.0 Å². The number of aryl methyl sites for hydroxylation is 3. The Balaban J connectivity index is 0.00000300. The zero-order valence-corrected chi connectivity index (χ0v) is 18.3. The van der Waals surface area contributed by atoms with E-state index >= 15 is 0 Å². The molecule has 0 saturated carbocycles. The van der Waals surface area contributed by atoms with Crippen molar-refractivity contribution in [3.05, 3.63) is 53.3 Å². The van der Waals surface area contributed by atoms with E-state index in [0.717, 1.165) is 52.4 Å². The number of anilines is 3. The Kier molecular flexibility index (Phi) is 7.40. The van der Waals surface area contributed by atoms with Crippen LogP contribution < -0.4 is 27.9 Å². The van der Waals surface area contributed by atoms with E-state index in [1.165, 1.54) is 0 Å². The molecule has 2 N–H and O–H groups in total. The highest BCUT2D eigenvalue weighted by Crippen LogP contribution is 2.23. The van der Waals surface area contributed by atoms with E-state index < -0.39 is 0 Å². The molecule has 0 aliphatic carbocycles. The number of benzene rings is 2. The Morgan fingerprint density at radius 3 is 2.17 bits per heavy atom. The van der Waals surface area contributed by atoms with Crippen LogP contribution in [0.15, 0.2) is 36.4 Å². The number of carbonyl (C=O) groups is 1. The number of amides is 2. The average molecular weight is 413 g/mol. The number of rotatable bonds is 5. The number of carbonyl (C=O) groups excluding carboxylic acids is 1. The number of aromatic nitrogens is 2. The first-order valence-electron chi connectivity index (χ1n) is 9.59. The van der Waals surface area contributed by atoms with E-state index in [0.29, 0.717) is 5.69 Å². The summed E-state index contributed by atoms with van der Waals surface area (Å²) >= 11 is 0. The van der Waals surface area contributed by atoms with Gasteiger partial charge in [0.2, 0.25) is 0 Å². The van der Waals surface area contributed by atoms with Crippen molar-refractivity contribution in [2.45, 2.75) is 34.6 Å². The second-order valence-corrected chi connectivity index (χ2v) is 6.85. The summed E-state index contributed by atoms with van der Waals surface area (Å²) in [4.78, 5) is 23.8. The van der Waals surface area contributed by atoms with Crippen LogP contribution in [0, 0.1) is 20.8 Å². The number of nitrogens with one attached hydrogen (secondary N) is 2. The summed E-state index contributed by atoms with van der Waals surface area (Å²) in [5.74, 6) is 0. The van der Waals surface area contributed by atoms with Gasteiger partial charge in [0.05, 0.1) is 22.4 Å². The minimum atomic E-state index is -0.283. The molecule has 0 aliphatic rings. The maximum Gasteiger partial charge on any atom is 0.323 e. The molecule has 0 spiro atoms. The van der Waals surface area contributed by atoms with Gasteiger partial charge in [0.25, 0.3) is 0 Å². The molecule has 154 valence electrons. The molecule has 0 unspecified atom stereocenters. The summed E-state index contributed by atoms with van der Waals surface area (Å²) < 4.78 is 0. The van der Waals surface area contributed by atoms with Gasteiger partial charge in [0.1, 0.15) is 0 Å². The highest BCUT2D eigenvalue weighted by atomic mass is 35.5. The summed E-state index contributed by atoms with van der Waals surface area (Å²) in [7, 11) is 0. The summed E-state index contributed by atoms with van der Waals surface area (Å²) in [6.07, 6.45) is 0. The van der Waals surface area contributed by atoms with Crippen LogP contribution in [0.4, 0.5) is 21.9 Å². The summed E-state index contributed by atoms with van der Waals surface area (Å²) in [6.45, 7) is 12.0.